The van der Waals surface area contributed by atoms with Gasteiger partial charge in [0.2, 0.25) is 0 Å². The van der Waals surface area contributed by atoms with Crippen LogP contribution in [0, 0.1) is 0 Å². The van der Waals surface area contributed by atoms with Gasteiger partial charge in [0.1, 0.15) is 23.0 Å². The third-order valence-electron chi connectivity index (χ3n) is 5.87. The zero-order valence-corrected chi connectivity index (χ0v) is 20.1. The number of amides is 3. The van der Waals surface area contributed by atoms with Crippen molar-refractivity contribution in [2.75, 3.05) is 24.4 Å². The van der Waals surface area contributed by atoms with Crippen LogP contribution in [0.25, 0.3) is 0 Å². The number of imide groups is 1. The third kappa shape index (κ3) is 4.72. The van der Waals surface area contributed by atoms with Gasteiger partial charge in [-0.15, -0.1) is 0 Å². The van der Waals surface area contributed by atoms with Crippen LogP contribution in [0.3, 0.4) is 0 Å². The van der Waals surface area contributed by atoms with Crippen LogP contribution in [0.2, 0.25) is 0 Å². The second-order valence-electron chi connectivity index (χ2n) is 8.16. The first-order valence-corrected chi connectivity index (χ1v) is 11.4. The number of fused-ring (bicyclic) bond motifs is 1. The maximum absolute atomic E-state index is 13.1. The highest BCUT2D eigenvalue weighted by atomic mass is 16.5. The van der Waals surface area contributed by atoms with Gasteiger partial charge in [0.25, 0.3) is 17.7 Å². The minimum absolute atomic E-state index is 0.252. The summed E-state index contributed by atoms with van der Waals surface area (Å²) in [5.41, 5.74) is 2.03. The highest BCUT2D eigenvalue weighted by Crippen LogP contribution is 2.33. The van der Waals surface area contributed by atoms with Crippen LogP contribution < -0.4 is 24.4 Å². The lowest BCUT2D eigenvalue weighted by atomic mass is 10.1. The van der Waals surface area contributed by atoms with Crippen molar-refractivity contribution in [3.63, 3.8) is 0 Å². The number of hydrogen-bond acceptors (Lipinski definition) is 6. The second-order valence-corrected chi connectivity index (χ2v) is 8.16. The third-order valence-corrected chi connectivity index (χ3v) is 5.87. The average molecular weight is 495 g/mol. The standard InChI is InChI=1S/C29H22N2O6/c1-35-21-10-6-18(7-11-21)27(32)30-19-4-3-5-23(16-19)37-24-14-15-25-26(17-24)29(34)31(28(25)33)20-8-12-22(36-2)13-9-20/h3-17H,1-2H3,(H,30,32). The molecule has 0 aromatic heterocycles. The summed E-state index contributed by atoms with van der Waals surface area (Å²) >= 11 is 0. The van der Waals surface area contributed by atoms with Gasteiger partial charge < -0.3 is 19.5 Å². The maximum atomic E-state index is 13.1. The smallest absolute Gasteiger partial charge is 0.266 e. The molecule has 1 N–H and O–H groups in total. The van der Waals surface area contributed by atoms with E-state index in [9.17, 15) is 14.4 Å². The van der Waals surface area contributed by atoms with E-state index in [1.54, 1.807) is 105 Å². The van der Waals surface area contributed by atoms with E-state index in [0.717, 1.165) is 4.90 Å². The Bertz CT molecular complexity index is 1500. The number of methoxy groups -OCH3 is 2. The maximum Gasteiger partial charge on any atom is 0.266 e. The second kappa shape index (κ2) is 9.87. The Morgan fingerprint density at radius 2 is 1.27 bits per heavy atom. The zero-order valence-electron chi connectivity index (χ0n) is 20.1. The molecule has 4 aromatic carbocycles. The molecule has 1 aliphatic rings. The van der Waals surface area contributed by atoms with Crippen LogP contribution in [0.4, 0.5) is 11.4 Å². The van der Waals surface area contributed by atoms with Crippen molar-refractivity contribution in [1.82, 2.24) is 0 Å². The molecule has 1 aliphatic heterocycles. The monoisotopic (exact) mass is 494 g/mol. The predicted molar refractivity (Wildman–Crippen MR) is 138 cm³/mol. The molecule has 0 atom stereocenters. The number of rotatable bonds is 7. The summed E-state index contributed by atoms with van der Waals surface area (Å²) in [6.07, 6.45) is 0. The van der Waals surface area contributed by atoms with Crippen molar-refractivity contribution in [3.8, 4) is 23.0 Å². The lowest BCUT2D eigenvalue weighted by molar-refractivity contribution is 0.0924. The first kappa shape index (κ1) is 23.6. The summed E-state index contributed by atoms with van der Waals surface area (Å²) in [5, 5.41) is 2.83. The van der Waals surface area contributed by atoms with Crippen molar-refractivity contribution in [2.24, 2.45) is 0 Å². The number of benzene rings is 4. The lowest BCUT2D eigenvalue weighted by Crippen LogP contribution is -2.29. The van der Waals surface area contributed by atoms with E-state index in [1.165, 1.54) is 0 Å². The van der Waals surface area contributed by atoms with Crippen molar-refractivity contribution in [2.45, 2.75) is 0 Å². The number of hydrogen-bond donors (Lipinski definition) is 1. The number of ether oxygens (including phenoxy) is 3. The van der Waals surface area contributed by atoms with Crippen molar-refractivity contribution in [3.05, 3.63) is 108 Å². The normalized spacial score (nSPS) is 12.2. The van der Waals surface area contributed by atoms with Crippen LogP contribution in [0.1, 0.15) is 31.1 Å². The van der Waals surface area contributed by atoms with Gasteiger partial charge in [-0.2, -0.15) is 0 Å². The Hall–Kier alpha value is -5.11. The topological polar surface area (TPSA) is 94.2 Å². The number of carbonyl (C=O) groups is 3. The zero-order chi connectivity index (χ0) is 25.9. The van der Waals surface area contributed by atoms with E-state index in [1.807, 2.05) is 0 Å². The van der Waals surface area contributed by atoms with Gasteiger partial charge >= 0.3 is 0 Å². The molecule has 3 amide bonds. The molecule has 0 bridgehead atoms. The van der Waals surface area contributed by atoms with E-state index in [0.29, 0.717) is 45.5 Å². The number of carbonyl (C=O) groups excluding carboxylic acids is 3. The highest BCUT2D eigenvalue weighted by molar-refractivity contribution is 6.34. The molecule has 0 saturated heterocycles. The van der Waals surface area contributed by atoms with Gasteiger partial charge in [-0.1, -0.05) is 6.07 Å². The summed E-state index contributed by atoms with van der Waals surface area (Å²) < 4.78 is 16.2. The number of nitrogens with one attached hydrogen (secondary N) is 1. The fourth-order valence-electron chi connectivity index (χ4n) is 3.97. The Morgan fingerprint density at radius 3 is 1.95 bits per heavy atom. The highest BCUT2D eigenvalue weighted by Gasteiger charge is 2.37. The fraction of sp³-hybridized carbons (Fsp3) is 0.0690. The Balaban J connectivity index is 1.32. The first-order valence-electron chi connectivity index (χ1n) is 11.4. The summed E-state index contributed by atoms with van der Waals surface area (Å²) in [6, 6.07) is 25.1. The van der Waals surface area contributed by atoms with Gasteiger partial charge in [-0.05, 0) is 78.9 Å². The quantitative estimate of drug-likeness (QED) is 0.339. The van der Waals surface area contributed by atoms with Gasteiger partial charge in [0.15, 0.2) is 0 Å². The molecule has 184 valence electrons. The average Bonchev–Trinajstić information content (AvgIpc) is 3.18. The van der Waals surface area contributed by atoms with Crippen LogP contribution in [-0.4, -0.2) is 31.9 Å². The molecular weight excluding hydrogens is 472 g/mol. The van der Waals surface area contributed by atoms with Gasteiger partial charge in [0, 0.05) is 17.3 Å². The van der Waals surface area contributed by atoms with Gasteiger partial charge in [-0.3, -0.25) is 14.4 Å². The molecule has 8 heteroatoms. The lowest BCUT2D eigenvalue weighted by Gasteiger charge is -2.14. The van der Waals surface area contributed by atoms with Crippen molar-refractivity contribution in [1.29, 1.82) is 0 Å². The molecular formula is C29H22N2O6. The molecule has 1 heterocycles. The molecule has 0 fully saturated rings. The number of nitrogens with zero attached hydrogens (tertiary/aromatic N) is 1. The van der Waals surface area contributed by atoms with E-state index in [4.69, 9.17) is 14.2 Å². The number of anilines is 2. The van der Waals surface area contributed by atoms with E-state index < -0.39 is 11.8 Å². The fourth-order valence-corrected chi connectivity index (χ4v) is 3.97. The molecule has 0 saturated carbocycles. The van der Waals surface area contributed by atoms with Crippen LogP contribution in [-0.2, 0) is 0 Å². The molecule has 0 aliphatic carbocycles. The largest absolute Gasteiger partial charge is 0.497 e. The molecule has 4 aromatic rings. The van der Waals surface area contributed by atoms with E-state index >= 15 is 0 Å². The van der Waals surface area contributed by atoms with E-state index in [2.05, 4.69) is 5.32 Å². The first-order chi connectivity index (χ1) is 18.0. The van der Waals surface area contributed by atoms with Crippen LogP contribution in [0.15, 0.2) is 91.0 Å². The van der Waals surface area contributed by atoms with Crippen molar-refractivity contribution < 1.29 is 28.6 Å². The Labute approximate surface area is 213 Å². The minimum Gasteiger partial charge on any atom is -0.497 e. The Kier molecular flexibility index (Phi) is 6.30. The van der Waals surface area contributed by atoms with Gasteiger partial charge in [0.05, 0.1) is 31.0 Å². The van der Waals surface area contributed by atoms with E-state index in [-0.39, 0.29) is 11.5 Å². The molecule has 5 rings (SSSR count). The van der Waals surface area contributed by atoms with Crippen LogP contribution in [0.5, 0.6) is 23.0 Å². The molecule has 37 heavy (non-hydrogen) atoms. The summed E-state index contributed by atoms with van der Waals surface area (Å²) in [6.45, 7) is 0. The minimum atomic E-state index is -0.434. The summed E-state index contributed by atoms with van der Waals surface area (Å²) in [7, 11) is 3.11. The SMILES string of the molecule is COc1ccc(C(=O)Nc2cccc(Oc3ccc4c(c3)C(=O)N(c3ccc(OC)cc3)C4=O)c2)cc1. The molecule has 8 nitrogen and oxygen atoms in total. The molecule has 0 unspecified atom stereocenters. The molecule has 0 spiro atoms. The predicted octanol–water partition coefficient (Wildman–Crippen LogP) is 5.55. The molecule has 0 radical (unpaired) electrons. The summed E-state index contributed by atoms with van der Waals surface area (Å²) in [5.74, 6) is 1.01. The Morgan fingerprint density at radius 1 is 0.676 bits per heavy atom. The van der Waals surface area contributed by atoms with Crippen LogP contribution >= 0.6 is 0 Å². The van der Waals surface area contributed by atoms with Crippen molar-refractivity contribution >= 4 is 29.1 Å². The summed E-state index contributed by atoms with van der Waals surface area (Å²) in [4.78, 5) is 39.7. The van der Waals surface area contributed by atoms with Gasteiger partial charge in [-0.25, -0.2) is 4.90 Å².